The van der Waals surface area contributed by atoms with Crippen molar-refractivity contribution in [1.29, 1.82) is 0 Å². The summed E-state index contributed by atoms with van der Waals surface area (Å²) < 4.78 is 11.4. The molecule has 2 rings (SSSR count). The van der Waals surface area contributed by atoms with E-state index >= 15 is 0 Å². The maximum atomic E-state index is 6.20. The van der Waals surface area contributed by atoms with Gasteiger partial charge >= 0.3 is 0 Å². The van der Waals surface area contributed by atoms with Crippen LogP contribution in [0.15, 0.2) is 18.2 Å². The average molecular weight is 263 g/mol. The first-order valence-electron chi connectivity index (χ1n) is 7.19. The van der Waals surface area contributed by atoms with E-state index in [1.54, 1.807) is 0 Å². The van der Waals surface area contributed by atoms with Crippen LogP contribution in [0, 0.1) is 13.8 Å². The minimum Gasteiger partial charge on any atom is -0.377 e. The molecule has 0 aliphatic carbocycles. The molecule has 2 N–H and O–H groups in total. The second-order valence-electron chi connectivity index (χ2n) is 5.49. The number of hydrogen-bond acceptors (Lipinski definition) is 3. The third kappa shape index (κ3) is 4.30. The first-order valence-corrected chi connectivity index (χ1v) is 7.19. The fraction of sp³-hybridized carbons (Fsp3) is 0.625. The Morgan fingerprint density at radius 1 is 1.37 bits per heavy atom. The summed E-state index contributed by atoms with van der Waals surface area (Å²) in [7, 11) is 0. The van der Waals surface area contributed by atoms with Crippen LogP contribution in [0.2, 0.25) is 0 Å². The van der Waals surface area contributed by atoms with Gasteiger partial charge in [0.25, 0.3) is 0 Å². The van der Waals surface area contributed by atoms with Crippen LogP contribution in [0.3, 0.4) is 0 Å². The van der Waals surface area contributed by atoms with Crippen LogP contribution in [0.5, 0.6) is 0 Å². The molecular weight excluding hydrogens is 238 g/mol. The summed E-state index contributed by atoms with van der Waals surface area (Å²) in [4.78, 5) is 0. The predicted molar refractivity (Wildman–Crippen MR) is 77.3 cm³/mol. The van der Waals surface area contributed by atoms with E-state index in [2.05, 4.69) is 32.0 Å². The topological polar surface area (TPSA) is 44.5 Å². The highest BCUT2D eigenvalue weighted by Crippen LogP contribution is 2.18. The van der Waals surface area contributed by atoms with Crippen molar-refractivity contribution >= 4 is 0 Å². The van der Waals surface area contributed by atoms with E-state index < -0.39 is 0 Å². The highest BCUT2D eigenvalue weighted by atomic mass is 16.5. The number of benzene rings is 1. The molecule has 2 atom stereocenters. The molecule has 1 aliphatic heterocycles. The Kier molecular flexibility index (Phi) is 5.37. The molecule has 1 aromatic carbocycles. The summed E-state index contributed by atoms with van der Waals surface area (Å²) in [5.74, 6) is 0. The Morgan fingerprint density at radius 3 is 2.89 bits per heavy atom. The molecule has 0 spiro atoms. The first-order chi connectivity index (χ1) is 9.16. The molecule has 1 heterocycles. The average Bonchev–Trinajstić information content (AvgIpc) is 2.39. The van der Waals surface area contributed by atoms with Gasteiger partial charge in [-0.3, -0.25) is 0 Å². The fourth-order valence-corrected chi connectivity index (χ4v) is 2.60. The van der Waals surface area contributed by atoms with Crippen LogP contribution in [-0.4, -0.2) is 25.9 Å². The number of nitrogens with two attached hydrogens (primary N) is 1. The van der Waals surface area contributed by atoms with Crippen LogP contribution < -0.4 is 5.73 Å². The molecule has 0 radical (unpaired) electrons. The lowest BCUT2D eigenvalue weighted by atomic mass is 10.0. The largest absolute Gasteiger partial charge is 0.377 e. The minimum absolute atomic E-state index is 0.0517. The quantitative estimate of drug-likeness (QED) is 0.888. The molecule has 3 nitrogen and oxygen atoms in total. The van der Waals surface area contributed by atoms with Gasteiger partial charge < -0.3 is 15.2 Å². The third-order valence-corrected chi connectivity index (χ3v) is 3.70. The lowest BCUT2D eigenvalue weighted by Crippen LogP contribution is -2.27. The van der Waals surface area contributed by atoms with Gasteiger partial charge in [-0.15, -0.1) is 0 Å². The molecule has 1 saturated heterocycles. The van der Waals surface area contributed by atoms with Crippen molar-refractivity contribution in [3.8, 4) is 0 Å². The van der Waals surface area contributed by atoms with Gasteiger partial charge in [0, 0.05) is 6.61 Å². The Hall–Kier alpha value is -0.900. The number of hydrogen-bond donors (Lipinski definition) is 1. The third-order valence-electron chi connectivity index (χ3n) is 3.70. The monoisotopic (exact) mass is 263 g/mol. The molecule has 1 aliphatic rings. The molecule has 1 aromatic rings. The molecule has 19 heavy (non-hydrogen) atoms. The van der Waals surface area contributed by atoms with Crippen LogP contribution in [0.4, 0.5) is 0 Å². The van der Waals surface area contributed by atoms with Gasteiger partial charge in [-0.05, 0) is 44.2 Å². The van der Waals surface area contributed by atoms with Gasteiger partial charge in [-0.1, -0.05) is 23.8 Å². The lowest BCUT2D eigenvalue weighted by molar-refractivity contribution is -0.0428. The van der Waals surface area contributed by atoms with E-state index in [1.807, 2.05) is 0 Å². The fourth-order valence-electron chi connectivity index (χ4n) is 2.60. The highest BCUT2D eigenvalue weighted by molar-refractivity contribution is 5.32. The summed E-state index contributed by atoms with van der Waals surface area (Å²) >= 11 is 0. The Labute approximate surface area is 116 Å². The normalized spacial score (nSPS) is 21.3. The van der Waals surface area contributed by atoms with Gasteiger partial charge in [0.05, 0.1) is 25.4 Å². The second kappa shape index (κ2) is 7.04. The molecule has 0 aromatic heterocycles. The van der Waals surface area contributed by atoms with Gasteiger partial charge in [0.15, 0.2) is 0 Å². The van der Waals surface area contributed by atoms with Gasteiger partial charge in [0.1, 0.15) is 0 Å². The van der Waals surface area contributed by atoms with Crippen molar-refractivity contribution in [2.45, 2.75) is 45.3 Å². The van der Waals surface area contributed by atoms with Crippen molar-refractivity contribution in [2.75, 3.05) is 19.8 Å². The second-order valence-corrected chi connectivity index (χ2v) is 5.49. The molecule has 106 valence electrons. The molecule has 2 unspecified atom stereocenters. The van der Waals surface area contributed by atoms with E-state index in [0.717, 1.165) is 13.0 Å². The Bertz CT molecular complexity index is 400. The van der Waals surface area contributed by atoms with Crippen LogP contribution in [-0.2, 0) is 9.47 Å². The van der Waals surface area contributed by atoms with Gasteiger partial charge in [0.2, 0.25) is 0 Å². The van der Waals surface area contributed by atoms with Crippen molar-refractivity contribution in [3.05, 3.63) is 34.9 Å². The zero-order valence-electron chi connectivity index (χ0n) is 12.0. The van der Waals surface area contributed by atoms with Crippen LogP contribution in [0.1, 0.15) is 42.0 Å². The lowest BCUT2D eigenvalue weighted by Gasteiger charge is -2.23. The standard InChI is InChI=1S/C16H25NO2/c1-12-6-7-15(13(2)9-12)16(17)11-18-10-14-5-3-4-8-19-14/h6-7,9,14,16H,3-5,8,10-11,17H2,1-2H3. The summed E-state index contributed by atoms with van der Waals surface area (Å²) in [5.41, 5.74) is 9.88. The SMILES string of the molecule is Cc1ccc(C(N)COCC2CCCCO2)c(C)c1. The summed E-state index contributed by atoms with van der Waals surface area (Å²) in [6, 6.07) is 6.32. The molecular formula is C16H25NO2. The number of aryl methyl sites for hydroxylation is 2. The summed E-state index contributed by atoms with van der Waals surface area (Å²) in [6.07, 6.45) is 3.80. The minimum atomic E-state index is -0.0517. The summed E-state index contributed by atoms with van der Waals surface area (Å²) in [5, 5.41) is 0. The van der Waals surface area contributed by atoms with E-state index in [1.165, 1.54) is 29.5 Å². The first kappa shape index (κ1) is 14.5. The smallest absolute Gasteiger partial charge is 0.0808 e. The van der Waals surface area contributed by atoms with Gasteiger partial charge in [-0.25, -0.2) is 0 Å². The van der Waals surface area contributed by atoms with E-state index in [9.17, 15) is 0 Å². The highest BCUT2D eigenvalue weighted by Gasteiger charge is 2.15. The van der Waals surface area contributed by atoms with Crippen LogP contribution >= 0.6 is 0 Å². The Balaban J connectivity index is 1.78. The zero-order chi connectivity index (χ0) is 13.7. The van der Waals surface area contributed by atoms with Crippen molar-refractivity contribution < 1.29 is 9.47 Å². The molecule has 0 amide bonds. The number of ether oxygens (including phenoxy) is 2. The van der Waals surface area contributed by atoms with E-state index in [0.29, 0.717) is 13.2 Å². The molecule has 3 heteroatoms. The van der Waals surface area contributed by atoms with Crippen molar-refractivity contribution in [2.24, 2.45) is 5.73 Å². The maximum absolute atomic E-state index is 6.20. The zero-order valence-corrected chi connectivity index (χ0v) is 12.0. The Morgan fingerprint density at radius 2 is 2.21 bits per heavy atom. The maximum Gasteiger partial charge on any atom is 0.0808 e. The molecule has 0 bridgehead atoms. The van der Waals surface area contributed by atoms with Crippen LogP contribution in [0.25, 0.3) is 0 Å². The predicted octanol–water partition coefficient (Wildman–Crippen LogP) is 2.89. The van der Waals surface area contributed by atoms with Crippen molar-refractivity contribution in [3.63, 3.8) is 0 Å². The summed E-state index contributed by atoms with van der Waals surface area (Å²) in [6.45, 7) is 6.30. The van der Waals surface area contributed by atoms with E-state index in [4.69, 9.17) is 15.2 Å². The van der Waals surface area contributed by atoms with Crippen molar-refractivity contribution in [1.82, 2.24) is 0 Å². The molecule has 1 fully saturated rings. The number of rotatable bonds is 5. The van der Waals surface area contributed by atoms with E-state index in [-0.39, 0.29) is 12.1 Å². The molecule has 0 saturated carbocycles. The van der Waals surface area contributed by atoms with Gasteiger partial charge in [-0.2, -0.15) is 0 Å².